The van der Waals surface area contributed by atoms with Crippen LogP contribution in [0.25, 0.3) is 0 Å². The minimum atomic E-state index is 0.494. The molecule has 0 spiro atoms. The van der Waals surface area contributed by atoms with Crippen LogP contribution < -0.4 is 10.2 Å². The molecule has 2 unspecified atom stereocenters. The van der Waals surface area contributed by atoms with Crippen LogP contribution >= 0.6 is 0 Å². The normalized spacial score (nSPS) is 27.4. The number of pyridine rings is 1. The van der Waals surface area contributed by atoms with E-state index in [1.165, 1.54) is 25.7 Å². The van der Waals surface area contributed by atoms with Crippen LogP contribution in [0.3, 0.4) is 0 Å². The number of rotatable bonds is 2. The molecule has 2 atom stereocenters. The molecular formula is C14H18N4. The molecule has 4 nitrogen and oxygen atoms in total. The van der Waals surface area contributed by atoms with Crippen molar-refractivity contribution in [1.29, 1.82) is 5.26 Å². The number of hydrogen-bond acceptors (Lipinski definition) is 4. The van der Waals surface area contributed by atoms with E-state index in [1.54, 1.807) is 0 Å². The number of nitriles is 1. The lowest BCUT2D eigenvalue weighted by Crippen LogP contribution is -2.44. The van der Waals surface area contributed by atoms with Gasteiger partial charge in [-0.05, 0) is 44.4 Å². The van der Waals surface area contributed by atoms with Crippen LogP contribution in [-0.4, -0.2) is 30.2 Å². The zero-order valence-corrected chi connectivity index (χ0v) is 10.5. The summed E-state index contributed by atoms with van der Waals surface area (Å²) in [5.74, 6) is 0. The van der Waals surface area contributed by atoms with Gasteiger partial charge in [0.15, 0.2) is 0 Å². The van der Waals surface area contributed by atoms with Crippen molar-refractivity contribution in [3.63, 3.8) is 0 Å². The lowest BCUT2D eigenvalue weighted by Gasteiger charge is -2.31. The molecule has 0 aliphatic carbocycles. The predicted octanol–water partition coefficient (Wildman–Crippen LogP) is 1.67. The Morgan fingerprint density at radius 2 is 2.28 bits per heavy atom. The first-order valence-corrected chi connectivity index (χ1v) is 6.74. The second kappa shape index (κ2) is 4.95. The van der Waals surface area contributed by atoms with Crippen molar-refractivity contribution < 1.29 is 0 Å². The Balaban J connectivity index is 1.79. The smallest absolute Gasteiger partial charge is 0.140 e. The number of nitrogens with one attached hydrogen (secondary N) is 1. The summed E-state index contributed by atoms with van der Waals surface area (Å²) in [6.07, 6.45) is 6.93. The summed E-state index contributed by atoms with van der Waals surface area (Å²) < 4.78 is 0. The highest BCUT2D eigenvalue weighted by atomic mass is 15.2. The topological polar surface area (TPSA) is 52.0 Å². The van der Waals surface area contributed by atoms with E-state index in [0.29, 0.717) is 17.8 Å². The highest BCUT2D eigenvalue weighted by Gasteiger charge is 2.33. The van der Waals surface area contributed by atoms with Crippen LogP contribution in [0.4, 0.5) is 5.69 Å². The fourth-order valence-electron chi connectivity index (χ4n) is 3.19. The molecule has 2 aliphatic heterocycles. The molecule has 1 aromatic rings. The minimum Gasteiger partial charge on any atom is -0.366 e. The maximum absolute atomic E-state index is 8.78. The monoisotopic (exact) mass is 242 g/mol. The van der Waals surface area contributed by atoms with E-state index in [9.17, 15) is 0 Å². The highest BCUT2D eigenvalue weighted by molar-refractivity contribution is 5.48. The van der Waals surface area contributed by atoms with Gasteiger partial charge in [0.05, 0.1) is 11.9 Å². The summed E-state index contributed by atoms with van der Waals surface area (Å²) in [4.78, 5) is 6.64. The van der Waals surface area contributed by atoms with Crippen molar-refractivity contribution in [2.75, 3.05) is 18.0 Å². The highest BCUT2D eigenvalue weighted by Crippen LogP contribution is 2.29. The van der Waals surface area contributed by atoms with Crippen LogP contribution in [0, 0.1) is 11.3 Å². The molecule has 0 radical (unpaired) electrons. The van der Waals surface area contributed by atoms with E-state index in [0.717, 1.165) is 18.8 Å². The predicted molar refractivity (Wildman–Crippen MR) is 70.3 cm³/mol. The Bertz CT molecular complexity index is 442. The largest absolute Gasteiger partial charge is 0.366 e. The quantitative estimate of drug-likeness (QED) is 0.857. The molecule has 2 aliphatic rings. The number of aromatic nitrogens is 1. The van der Waals surface area contributed by atoms with Gasteiger partial charge in [-0.3, -0.25) is 0 Å². The lowest BCUT2D eigenvalue weighted by atomic mass is 10.0. The molecule has 0 bridgehead atoms. The zero-order valence-electron chi connectivity index (χ0n) is 10.5. The second-order valence-corrected chi connectivity index (χ2v) is 5.12. The summed E-state index contributed by atoms with van der Waals surface area (Å²) >= 11 is 0. The van der Waals surface area contributed by atoms with Gasteiger partial charge in [-0.25, -0.2) is 4.98 Å². The van der Waals surface area contributed by atoms with Gasteiger partial charge in [-0.1, -0.05) is 0 Å². The Morgan fingerprint density at radius 1 is 1.33 bits per heavy atom. The molecule has 1 N–H and O–H groups in total. The van der Waals surface area contributed by atoms with Crippen molar-refractivity contribution in [3.05, 3.63) is 24.0 Å². The summed E-state index contributed by atoms with van der Waals surface area (Å²) in [7, 11) is 0. The molecule has 94 valence electrons. The van der Waals surface area contributed by atoms with Crippen LogP contribution in [-0.2, 0) is 0 Å². The van der Waals surface area contributed by atoms with Gasteiger partial charge in [0.2, 0.25) is 0 Å². The van der Waals surface area contributed by atoms with Gasteiger partial charge in [-0.15, -0.1) is 0 Å². The van der Waals surface area contributed by atoms with Crippen LogP contribution in [0.15, 0.2) is 18.3 Å². The molecule has 1 aromatic heterocycles. The van der Waals surface area contributed by atoms with Crippen molar-refractivity contribution in [2.24, 2.45) is 0 Å². The molecule has 18 heavy (non-hydrogen) atoms. The third-order valence-corrected chi connectivity index (χ3v) is 4.06. The van der Waals surface area contributed by atoms with Gasteiger partial charge >= 0.3 is 0 Å². The Kier molecular flexibility index (Phi) is 3.16. The minimum absolute atomic E-state index is 0.494. The molecule has 3 heterocycles. The Hall–Kier alpha value is -1.60. The Morgan fingerprint density at radius 3 is 2.94 bits per heavy atom. The lowest BCUT2D eigenvalue weighted by molar-refractivity contribution is 0.482. The fraction of sp³-hybridized carbons (Fsp3) is 0.571. The van der Waals surface area contributed by atoms with Gasteiger partial charge in [-0.2, -0.15) is 5.26 Å². The number of nitrogens with zero attached hydrogens (tertiary/aromatic N) is 3. The molecule has 0 aromatic carbocycles. The van der Waals surface area contributed by atoms with E-state index in [2.05, 4.69) is 21.3 Å². The van der Waals surface area contributed by atoms with Gasteiger partial charge in [0.1, 0.15) is 11.8 Å². The fourth-order valence-corrected chi connectivity index (χ4v) is 3.19. The molecule has 3 rings (SSSR count). The van der Waals surface area contributed by atoms with Crippen molar-refractivity contribution in [3.8, 4) is 6.07 Å². The summed E-state index contributed by atoms with van der Waals surface area (Å²) in [5.41, 5.74) is 1.65. The van der Waals surface area contributed by atoms with E-state index < -0.39 is 0 Å². The molecule has 0 amide bonds. The summed E-state index contributed by atoms with van der Waals surface area (Å²) in [5, 5.41) is 12.4. The van der Waals surface area contributed by atoms with Crippen LogP contribution in [0.2, 0.25) is 0 Å². The summed E-state index contributed by atoms with van der Waals surface area (Å²) in [6.45, 7) is 2.26. The number of anilines is 1. The van der Waals surface area contributed by atoms with Crippen molar-refractivity contribution >= 4 is 5.69 Å². The maximum atomic E-state index is 8.78. The average Bonchev–Trinajstić information content (AvgIpc) is 3.09. The van der Waals surface area contributed by atoms with Crippen molar-refractivity contribution in [2.45, 2.75) is 37.8 Å². The van der Waals surface area contributed by atoms with Gasteiger partial charge in [0.25, 0.3) is 0 Å². The van der Waals surface area contributed by atoms with E-state index >= 15 is 0 Å². The van der Waals surface area contributed by atoms with E-state index in [1.807, 2.05) is 18.3 Å². The second-order valence-electron chi connectivity index (χ2n) is 5.12. The first kappa shape index (κ1) is 11.5. The van der Waals surface area contributed by atoms with E-state index in [-0.39, 0.29) is 0 Å². The van der Waals surface area contributed by atoms with Gasteiger partial charge in [0, 0.05) is 18.6 Å². The van der Waals surface area contributed by atoms with Crippen molar-refractivity contribution in [1.82, 2.24) is 10.3 Å². The summed E-state index contributed by atoms with van der Waals surface area (Å²) in [6, 6.07) is 7.14. The molecule has 2 saturated heterocycles. The first-order chi connectivity index (χ1) is 8.88. The maximum Gasteiger partial charge on any atom is 0.140 e. The SMILES string of the molecule is N#Cc1ccc(N2CCCC2C2CCCN2)cn1. The van der Waals surface area contributed by atoms with Crippen LogP contribution in [0.1, 0.15) is 31.4 Å². The third-order valence-electron chi connectivity index (χ3n) is 4.06. The average molecular weight is 242 g/mol. The Labute approximate surface area is 108 Å². The molecule has 0 saturated carbocycles. The first-order valence-electron chi connectivity index (χ1n) is 6.74. The standard InChI is InChI=1S/C14H18N4/c15-9-11-5-6-12(10-17-11)18-8-2-4-14(18)13-3-1-7-16-13/h5-6,10,13-14,16H,1-4,7-8H2. The van der Waals surface area contributed by atoms with E-state index in [4.69, 9.17) is 5.26 Å². The molecule has 4 heteroatoms. The molecular weight excluding hydrogens is 224 g/mol. The van der Waals surface area contributed by atoms with Crippen LogP contribution in [0.5, 0.6) is 0 Å². The van der Waals surface area contributed by atoms with Gasteiger partial charge < -0.3 is 10.2 Å². The zero-order chi connectivity index (χ0) is 12.4. The third kappa shape index (κ3) is 2.06. The number of hydrogen-bond donors (Lipinski definition) is 1. The molecule has 2 fully saturated rings.